The summed E-state index contributed by atoms with van der Waals surface area (Å²) in [4.78, 5) is 41.4. The van der Waals surface area contributed by atoms with Crippen LogP contribution in [0.3, 0.4) is 0 Å². The van der Waals surface area contributed by atoms with Gasteiger partial charge in [-0.3, -0.25) is 9.59 Å². The van der Waals surface area contributed by atoms with Gasteiger partial charge in [-0.15, -0.1) is 0 Å². The standard InChI is InChI=1S/C26H28N2O6/c1-15-13-19-14-18(9-10-20(19)34-15)23(29)21-22(16-5-7-17(8-6-16)26(32)33-4)28(12-11-27(2)3)25(31)24(21)30/h5-10,14-15,22,29H,11-13H2,1-4H3/b23-21+. The summed E-state index contributed by atoms with van der Waals surface area (Å²) in [6.45, 7) is 2.80. The van der Waals surface area contributed by atoms with Crippen LogP contribution in [0.25, 0.3) is 5.76 Å². The van der Waals surface area contributed by atoms with Gasteiger partial charge in [-0.25, -0.2) is 4.79 Å². The number of nitrogens with zero attached hydrogens (tertiary/aromatic N) is 2. The third kappa shape index (κ3) is 4.28. The smallest absolute Gasteiger partial charge is 0.337 e. The van der Waals surface area contributed by atoms with Crippen LogP contribution in [0, 0.1) is 0 Å². The van der Waals surface area contributed by atoms with E-state index in [-0.39, 0.29) is 17.4 Å². The van der Waals surface area contributed by atoms with E-state index >= 15 is 0 Å². The highest BCUT2D eigenvalue weighted by atomic mass is 16.5. The minimum Gasteiger partial charge on any atom is -0.507 e. The van der Waals surface area contributed by atoms with Crippen molar-refractivity contribution in [2.75, 3.05) is 34.3 Å². The van der Waals surface area contributed by atoms with Gasteiger partial charge in [-0.2, -0.15) is 0 Å². The maximum absolute atomic E-state index is 13.1. The molecule has 8 nitrogen and oxygen atoms in total. The summed E-state index contributed by atoms with van der Waals surface area (Å²) in [6, 6.07) is 11.0. The largest absolute Gasteiger partial charge is 0.507 e. The van der Waals surface area contributed by atoms with Crippen LogP contribution in [-0.2, 0) is 20.7 Å². The number of ketones is 1. The molecule has 0 aromatic heterocycles. The van der Waals surface area contributed by atoms with Crippen molar-refractivity contribution in [1.82, 2.24) is 9.80 Å². The molecular weight excluding hydrogens is 436 g/mol. The molecule has 2 unspecified atom stereocenters. The van der Waals surface area contributed by atoms with E-state index in [9.17, 15) is 19.5 Å². The highest BCUT2D eigenvalue weighted by Gasteiger charge is 2.46. The lowest BCUT2D eigenvalue weighted by molar-refractivity contribution is -0.140. The Balaban J connectivity index is 1.80. The number of likely N-dealkylation sites (N-methyl/N-ethyl adjacent to an activating group) is 1. The number of fused-ring (bicyclic) bond motifs is 1. The second-order valence-electron chi connectivity index (χ2n) is 8.86. The number of Topliss-reactive ketones (excluding diaryl/α,β-unsaturated/α-hetero) is 1. The van der Waals surface area contributed by atoms with Gasteiger partial charge in [0.2, 0.25) is 0 Å². The van der Waals surface area contributed by atoms with Crippen molar-refractivity contribution in [3.8, 4) is 5.75 Å². The molecular formula is C26H28N2O6. The number of carbonyl (C=O) groups excluding carboxylic acids is 3. The molecule has 8 heteroatoms. The Morgan fingerprint density at radius 3 is 2.47 bits per heavy atom. The first-order chi connectivity index (χ1) is 16.2. The Labute approximate surface area is 198 Å². The van der Waals surface area contributed by atoms with E-state index in [1.807, 2.05) is 25.9 Å². The fourth-order valence-corrected chi connectivity index (χ4v) is 4.41. The molecule has 0 saturated carbocycles. The first-order valence-corrected chi connectivity index (χ1v) is 11.1. The van der Waals surface area contributed by atoms with Gasteiger partial charge in [0, 0.05) is 25.1 Å². The van der Waals surface area contributed by atoms with Gasteiger partial charge < -0.3 is 24.4 Å². The zero-order valence-corrected chi connectivity index (χ0v) is 19.7. The molecule has 1 saturated heterocycles. The molecule has 2 atom stereocenters. The monoisotopic (exact) mass is 464 g/mol. The van der Waals surface area contributed by atoms with E-state index < -0.39 is 23.7 Å². The molecule has 34 heavy (non-hydrogen) atoms. The first kappa shape index (κ1) is 23.5. The van der Waals surface area contributed by atoms with Gasteiger partial charge in [0.25, 0.3) is 11.7 Å². The summed E-state index contributed by atoms with van der Waals surface area (Å²) in [6.07, 6.45) is 0.740. The molecule has 0 bridgehead atoms. The Morgan fingerprint density at radius 2 is 1.82 bits per heavy atom. The predicted octanol–water partition coefficient (Wildman–Crippen LogP) is 2.78. The summed E-state index contributed by atoms with van der Waals surface area (Å²) < 4.78 is 10.5. The number of hydrogen-bond donors (Lipinski definition) is 1. The number of rotatable bonds is 6. The minimum atomic E-state index is -0.782. The van der Waals surface area contributed by atoms with Crippen molar-refractivity contribution in [1.29, 1.82) is 0 Å². The molecule has 2 aliphatic heterocycles. The SMILES string of the molecule is COC(=O)c1ccc(C2/C(=C(\O)c3ccc4c(c3)CC(C)O4)C(=O)C(=O)N2CCN(C)C)cc1. The fraction of sp³-hybridized carbons (Fsp3) is 0.346. The van der Waals surface area contributed by atoms with Gasteiger partial charge in [-0.05, 0) is 62.5 Å². The predicted molar refractivity (Wildman–Crippen MR) is 126 cm³/mol. The number of likely N-dealkylation sites (tertiary alicyclic amines) is 1. The molecule has 2 aromatic rings. The van der Waals surface area contributed by atoms with E-state index in [2.05, 4.69) is 0 Å². The molecule has 2 aliphatic rings. The molecule has 4 rings (SSSR count). The topological polar surface area (TPSA) is 96.4 Å². The maximum atomic E-state index is 13.1. The molecule has 1 fully saturated rings. The van der Waals surface area contributed by atoms with E-state index in [1.54, 1.807) is 42.5 Å². The van der Waals surface area contributed by atoms with Gasteiger partial charge >= 0.3 is 5.97 Å². The lowest BCUT2D eigenvalue weighted by atomic mass is 9.94. The molecule has 178 valence electrons. The van der Waals surface area contributed by atoms with Crippen LogP contribution >= 0.6 is 0 Å². The lowest BCUT2D eigenvalue weighted by Gasteiger charge is -2.26. The van der Waals surface area contributed by atoms with Gasteiger partial charge in [0.05, 0.1) is 24.3 Å². The number of ether oxygens (including phenoxy) is 2. The minimum absolute atomic E-state index is 0.0292. The molecule has 0 radical (unpaired) electrons. The van der Waals surface area contributed by atoms with Crippen LogP contribution in [-0.4, -0.2) is 73.0 Å². The first-order valence-electron chi connectivity index (χ1n) is 11.1. The number of amides is 1. The molecule has 2 heterocycles. The summed E-state index contributed by atoms with van der Waals surface area (Å²) >= 11 is 0. The second kappa shape index (κ2) is 9.30. The number of benzene rings is 2. The Hall–Kier alpha value is -3.65. The average molecular weight is 465 g/mol. The quantitative estimate of drug-likeness (QED) is 0.304. The number of aliphatic hydroxyl groups excluding tert-OH is 1. The number of esters is 1. The Bertz CT molecular complexity index is 1170. The highest BCUT2D eigenvalue weighted by molar-refractivity contribution is 6.46. The zero-order valence-electron chi connectivity index (χ0n) is 19.7. The average Bonchev–Trinajstić information content (AvgIpc) is 3.32. The third-order valence-corrected chi connectivity index (χ3v) is 6.15. The van der Waals surface area contributed by atoms with E-state index in [4.69, 9.17) is 9.47 Å². The summed E-state index contributed by atoms with van der Waals surface area (Å²) in [5.41, 5.74) is 2.40. The summed E-state index contributed by atoms with van der Waals surface area (Å²) in [7, 11) is 5.06. The van der Waals surface area contributed by atoms with Crippen molar-refractivity contribution < 1.29 is 29.0 Å². The molecule has 2 aromatic carbocycles. The molecule has 1 N–H and O–H groups in total. The van der Waals surface area contributed by atoms with Gasteiger partial charge in [-0.1, -0.05) is 12.1 Å². The second-order valence-corrected chi connectivity index (χ2v) is 8.86. The van der Waals surface area contributed by atoms with Crippen molar-refractivity contribution >= 4 is 23.4 Å². The zero-order chi connectivity index (χ0) is 24.6. The Kier molecular flexibility index (Phi) is 6.43. The van der Waals surface area contributed by atoms with Crippen LogP contribution in [0.2, 0.25) is 0 Å². The van der Waals surface area contributed by atoms with Crippen LogP contribution < -0.4 is 4.74 Å². The lowest BCUT2D eigenvalue weighted by Crippen LogP contribution is -2.35. The van der Waals surface area contributed by atoms with Gasteiger partial charge in [0.1, 0.15) is 17.6 Å². The van der Waals surface area contributed by atoms with Crippen molar-refractivity contribution in [2.24, 2.45) is 0 Å². The van der Waals surface area contributed by atoms with Crippen molar-refractivity contribution in [2.45, 2.75) is 25.5 Å². The van der Waals surface area contributed by atoms with Crippen LogP contribution in [0.5, 0.6) is 5.75 Å². The van der Waals surface area contributed by atoms with Crippen LogP contribution in [0.15, 0.2) is 48.0 Å². The molecule has 0 spiro atoms. The fourth-order valence-electron chi connectivity index (χ4n) is 4.41. The van der Waals surface area contributed by atoms with Crippen molar-refractivity contribution in [3.05, 3.63) is 70.3 Å². The number of aliphatic hydroxyl groups is 1. The summed E-state index contributed by atoms with van der Waals surface area (Å²) in [5, 5.41) is 11.3. The van der Waals surface area contributed by atoms with E-state index in [0.29, 0.717) is 36.2 Å². The highest BCUT2D eigenvalue weighted by Crippen LogP contribution is 2.40. The van der Waals surface area contributed by atoms with Crippen LogP contribution in [0.4, 0.5) is 0 Å². The third-order valence-electron chi connectivity index (χ3n) is 6.15. The van der Waals surface area contributed by atoms with E-state index in [0.717, 1.165) is 11.3 Å². The van der Waals surface area contributed by atoms with E-state index in [1.165, 1.54) is 12.0 Å². The van der Waals surface area contributed by atoms with Crippen molar-refractivity contribution in [3.63, 3.8) is 0 Å². The summed E-state index contributed by atoms with van der Waals surface area (Å²) in [5.74, 6) is -1.35. The number of hydrogen-bond acceptors (Lipinski definition) is 7. The van der Waals surface area contributed by atoms with Crippen LogP contribution in [0.1, 0.15) is 40.0 Å². The number of methoxy groups -OCH3 is 1. The van der Waals surface area contributed by atoms with Gasteiger partial charge in [0.15, 0.2) is 0 Å². The number of carbonyl (C=O) groups is 3. The maximum Gasteiger partial charge on any atom is 0.337 e. The molecule has 1 amide bonds. The molecule has 0 aliphatic carbocycles. The Morgan fingerprint density at radius 1 is 1.15 bits per heavy atom. The normalized spacial score (nSPS) is 21.0.